The van der Waals surface area contributed by atoms with E-state index in [1.165, 1.54) is 58.3 Å². The maximum absolute atomic E-state index is 3.71. The van der Waals surface area contributed by atoms with E-state index in [9.17, 15) is 0 Å². The minimum absolute atomic E-state index is 0.813. The van der Waals surface area contributed by atoms with Crippen LogP contribution in [0.2, 0.25) is 0 Å². The van der Waals surface area contributed by atoms with Crippen LogP contribution in [0.3, 0.4) is 0 Å². The van der Waals surface area contributed by atoms with E-state index >= 15 is 0 Å². The minimum atomic E-state index is 0.813. The van der Waals surface area contributed by atoms with Gasteiger partial charge in [0.15, 0.2) is 0 Å². The molecule has 0 aromatic carbocycles. The third-order valence-electron chi connectivity index (χ3n) is 4.84. The molecule has 0 radical (unpaired) electrons. The third kappa shape index (κ3) is 2.01. The summed E-state index contributed by atoms with van der Waals surface area (Å²) in [7, 11) is 2.26. The van der Waals surface area contributed by atoms with E-state index in [1.54, 1.807) is 0 Å². The smallest absolute Gasteiger partial charge is 0.0252 e. The van der Waals surface area contributed by atoms with Crippen LogP contribution in [-0.2, 0) is 0 Å². The van der Waals surface area contributed by atoms with E-state index < -0.39 is 0 Å². The predicted octanol–water partition coefficient (Wildman–Crippen LogP) is 0.907. The monoisotopic (exact) mass is 223 g/mol. The molecule has 1 aliphatic carbocycles. The summed E-state index contributed by atoms with van der Waals surface area (Å²) in [6.45, 7) is 5.10. The highest BCUT2D eigenvalue weighted by molar-refractivity contribution is 4.97. The lowest BCUT2D eigenvalue weighted by Gasteiger charge is -2.45. The van der Waals surface area contributed by atoms with Crippen molar-refractivity contribution in [1.82, 2.24) is 15.1 Å². The van der Waals surface area contributed by atoms with Crippen LogP contribution >= 0.6 is 0 Å². The Bertz CT molecular complexity index is 235. The molecule has 92 valence electrons. The first-order valence-electron chi connectivity index (χ1n) is 7.02. The number of hydrogen-bond acceptors (Lipinski definition) is 3. The highest BCUT2D eigenvalue weighted by Crippen LogP contribution is 2.30. The molecule has 3 rings (SSSR count). The Balaban J connectivity index is 1.64. The van der Waals surface area contributed by atoms with Crippen LogP contribution < -0.4 is 5.32 Å². The average Bonchev–Trinajstić information content (AvgIpc) is 2.78. The molecule has 2 atom stereocenters. The first-order chi connectivity index (χ1) is 7.84. The van der Waals surface area contributed by atoms with Gasteiger partial charge >= 0.3 is 0 Å². The fourth-order valence-electron chi connectivity index (χ4n) is 3.90. The van der Waals surface area contributed by atoms with E-state index in [4.69, 9.17) is 0 Å². The van der Waals surface area contributed by atoms with Crippen molar-refractivity contribution in [2.24, 2.45) is 0 Å². The second-order valence-electron chi connectivity index (χ2n) is 5.83. The van der Waals surface area contributed by atoms with Crippen LogP contribution in [0, 0.1) is 0 Å². The van der Waals surface area contributed by atoms with Crippen LogP contribution in [0.25, 0.3) is 0 Å². The molecule has 1 saturated carbocycles. The van der Waals surface area contributed by atoms with Crippen molar-refractivity contribution < 1.29 is 0 Å². The molecule has 2 aliphatic heterocycles. The van der Waals surface area contributed by atoms with Gasteiger partial charge in [0.05, 0.1) is 0 Å². The molecular formula is C13H25N3. The number of fused-ring (bicyclic) bond motifs is 1. The molecule has 2 heterocycles. The zero-order valence-corrected chi connectivity index (χ0v) is 10.5. The summed E-state index contributed by atoms with van der Waals surface area (Å²) in [6, 6.07) is 2.56. The molecule has 16 heavy (non-hydrogen) atoms. The SMILES string of the molecule is CN1CCC(N2CCN[C@H]3CCC[C@@H]32)CC1. The fourth-order valence-corrected chi connectivity index (χ4v) is 3.90. The highest BCUT2D eigenvalue weighted by atomic mass is 15.3. The molecule has 3 fully saturated rings. The van der Waals surface area contributed by atoms with Gasteiger partial charge in [-0.1, -0.05) is 6.42 Å². The lowest BCUT2D eigenvalue weighted by atomic mass is 9.98. The van der Waals surface area contributed by atoms with Crippen LogP contribution in [0.4, 0.5) is 0 Å². The number of rotatable bonds is 1. The van der Waals surface area contributed by atoms with Gasteiger partial charge in [-0.15, -0.1) is 0 Å². The third-order valence-corrected chi connectivity index (χ3v) is 4.84. The van der Waals surface area contributed by atoms with Gasteiger partial charge in [-0.2, -0.15) is 0 Å². The summed E-state index contributed by atoms with van der Waals surface area (Å²) in [5.74, 6) is 0. The van der Waals surface area contributed by atoms with Crippen molar-refractivity contribution in [2.45, 2.75) is 50.2 Å². The molecule has 0 aromatic heterocycles. The Morgan fingerprint density at radius 1 is 1.00 bits per heavy atom. The Labute approximate surface area is 99.2 Å². The lowest BCUT2D eigenvalue weighted by Crippen LogP contribution is -2.59. The van der Waals surface area contributed by atoms with Crippen LogP contribution in [-0.4, -0.2) is 61.2 Å². The Kier molecular flexibility index (Phi) is 3.18. The van der Waals surface area contributed by atoms with E-state index in [1.807, 2.05) is 0 Å². The van der Waals surface area contributed by atoms with E-state index in [-0.39, 0.29) is 0 Å². The Hall–Kier alpha value is -0.120. The van der Waals surface area contributed by atoms with Crippen molar-refractivity contribution in [3.05, 3.63) is 0 Å². The molecule has 2 saturated heterocycles. The molecule has 1 N–H and O–H groups in total. The van der Waals surface area contributed by atoms with Crippen molar-refractivity contribution in [1.29, 1.82) is 0 Å². The summed E-state index contributed by atoms with van der Waals surface area (Å²) >= 11 is 0. The van der Waals surface area contributed by atoms with Gasteiger partial charge in [0.25, 0.3) is 0 Å². The number of hydrogen-bond donors (Lipinski definition) is 1. The minimum Gasteiger partial charge on any atom is -0.311 e. The largest absolute Gasteiger partial charge is 0.311 e. The Morgan fingerprint density at radius 3 is 2.62 bits per heavy atom. The summed E-state index contributed by atoms with van der Waals surface area (Å²) in [6.07, 6.45) is 7.06. The van der Waals surface area contributed by atoms with E-state index in [0.717, 1.165) is 18.1 Å². The average molecular weight is 223 g/mol. The summed E-state index contributed by atoms with van der Waals surface area (Å²) in [4.78, 5) is 5.33. The van der Waals surface area contributed by atoms with Gasteiger partial charge in [-0.25, -0.2) is 0 Å². The van der Waals surface area contributed by atoms with Crippen LogP contribution in [0.15, 0.2) is 0 Å². The summed E-state index contributed by atoms with van der Waals surface area (Å²) in [5, 5.41) is 3.71. The number of nitrogens with one attached hydrogen (secondary N) is 1. The topological polar surface area (TPSA) is 18.5 Å². The van der Waals surface area contributed by atoms with Gasteiger partial charge < -0.3 is 10.2 Å². The van der Waals surface area contributed by atoms with Crippen molar-refractivity contribution >= 4 is 0 Å². The number of nitrogens with zero attached hydrogens (tertiary/aromatic N) is 2. The zero-order chi connectivity index (χ0) is 11.0. The first kappa shape index (κ1) is 11.0. The molecule has 3 heteroatoms. The molecule has 0 spiro atoms. The van der Waals surface area contributed by atoms with Crippen molar-refractivity contribution in [3.63, 3.8) is 0 Å². The molecular weight excluding hydrogens is 198 g/mol. The predicted molar refractivity (Wildman–Crippen MR) is 66.7 cm³/mol. The zero-order valence-electron chi connectivity index (χ0n) is 10.5. The van der Waals surface area contributed by atoms with Gasteiger partial charge in [0.2, 0.25) is 0 Å². The Morgan fingerprint density at radius 2 is 1.81 bits per heavy atom. The molecule has 0 unspecified atom stereocenters. The normalized spacial score (nSPS) is 38.8. The standard InChI is InChI=1S/C13H25N3/c1-15-8-5-11(6-9-15)16-10-7-14-12-3-2-4-13(12)16/h11-14H,2-10H2,1H3/t12-,13-/m0/s1. The second kappa shape index (κ2) is 4.63. The number of piperazine rings is 1. The molecule has 3 nitrogen and oxygen atoms in total. The van der Waals surface area contributed by atoms with Crippen LogP contribution in [0.5, 0.6) is 0 Å². The number of piperidine rings is 1. The molecule has 0 bridgehead atoms. The van der Waals surface area contributed by atoms with E-state index in [0.29, 0.717) is 0 Å². The fraction of sp³-hybridized carbons (Fsp3) is 1.00. The maximum atomic E-state index is 3.71. The van der Waals surface area contributed by atoms with Gasteiger partial charge in [-0.05, 0) is 45.8 Å². The second-order valence-corrected chi connectivity index (χ2v) is 5.83. The van der Waals surface area contributed by atoms with Crippen molar-refractivity contribution in [2.75, 3.05) is 33.2 Å². The molecule has 3 aliphatic rings. The van der Waals surface area contributed by atoms with Gasteiger partial charge in [0, 0.05) is 31.2 Å². The molecule has 0 amide bonds. The molecule has 0 aromatic rings. The quantitative estimate of drug-likeness (QED) is 0.713. The number of likely N-dealkylation sites (tertiary alicyclic amines) is 1. The first-order valence-corrected chi connectivity index (χ1v) is 7.02. The van der Waals surface area contributed by atoms with Crippen LogP contribution in [0.1, 0.15) is 32.1 Å². The highest BCUT2D eigenvalue weighted by Gasteiger charge is 2.38. The van der Waals surface area contributed by atoms with Crippen molar-refractivity contribution in [3.8, 4) is 0 Å². The summed E-state index contributed by atoms with van der Waals surface area (Å²) in [5.41, 5.74) is 0. The lowest BCUT2D eigenvalue weighted by molar-refractivity contribution is 0.0518. The van der Waals surface area contributed by atoms with Gasteiger partial charge in [-0.3, -0.25) is 4.90 Å². The van der Waals surface area contributed by atoms with Gasteiger partial charge in [0.1, 0.15) is 0 Å². The summed E-state index contributed by atoms with van der Waals surface area (Å²) < 4.78 is 0. The maximum Gasteiger partial charge on any atom is 0.0252 e. The van der Waals surface area contributed by atoms with E-state index in [2.05, 4.69) is 22.2 Å².